The maximum absolute atomic E-state index is 11.8. The highest BCUT2D eigenvalue weighted by molar-refractivity contribution is 6.29. The van der Waals surface area contributed by atoms with Crippen LogP contribution in [-0.4, -0.2) is 38.3 Å². The highest BCUT2D eigenvalue weighted by Gasteiger charge is 2.30. The van der Waals surface area contributed by atoms with E-state index >= 15 is 0 Å². The minimum absolute atomic E-state index is 0.0942. The largest absolute Gasteiger partial charge is 0.340 e. The number of piperidine rings is 1. The van der Waals surface area contributed by atoms with Gasteiger partial charge in [-0.3, -0.25) is 9.78 Å². The molecule has 2 aromatic heterocycles. The van der Waals surface area contributed by atoms with Gasteiger partial charge in [-0.1, -0.05) is 11.6 Å². The molecule has 2 atom stereocenters. The Balaban J connectivity index is 1.91. The minimum atomic E-state index is 0.0942. The summed E-state index contributed by atoms with van der Waals surface area (Å²) in [5.74, 6) is 0.912. The fraction of sp³-hybridized carbons (Fsp3) is 0.412. The number of aromatic nitrogens is 3. The minimum Gasteiger partial charge on any atom is -0.340 e. The second-order valence-corrected chi connectivity index (χ2v) is 6.36. The fourth-order valence-corrected chi connectivity index (χ4v) is 3.23. The SMILES string of the molecule is CC(=O)N1C[C@H](c2nc(Cl)cc(-c3cccnc3)n2)CC[C@@H]1C. The molecule has 1 aliphatic heterocycles. The predicted molar refractivity (Wildman–Crippen MR) is 89.1 cm³/mol. The van der Waals surface area contributed by atoms with Crippen LogP contribution in [0.2, 0.25) is 5.15 Å². The monoisotopic (exact) mass is 330 g/mol. The summed E-state index contributed by atoms with van der Waals surface area (Å²) in [4.78, 5) is 26.9. The number of hydrogen-bond acceptors (Lipinski definition) is 4. The Morgan fingerprint density at radius 1 is 1.35 bits per heavy atom. The summed E-state index contributed by atoms with van der Waals surface area (Å²) in [6.07, 6.45) is 5.38. The molecule has 23 heavy (non-hydrogen) atoms. The fourth-order valence-electron chi connectivity index (χ4n) is 3.04. The zero-order valence-electron chi connectivity index (χ0n) is 13.2. The normalized spacial score (nSPS) is 21.3. The standard InChI is InChI=1S/C17H19ClN4O/c1-11-5-6-14(10-22(11)12(2)23)17-20-15(8-16(18)21-17)13-4-3-7-19-9-13/h3-4,7-9,11,14H,5-6,10H2,1-2H3/t11-,14+/m0/s1. The van der Waals surface area contributed by atoms with Gasteiger partial charge in [-0.15, -0.1) is 0 Å². The molecule has 1 fully saturated rings. The van der Waals surface area contributed by atoms with Crippen LogP contribution < -0.4 is 0 Å². The number of rotatable bonds is 2. The highest BCUT2D eigenvalue weighted by atomic mass is 35.5. The molecule has 3 rings (SSSR count). The van der Waals surface area contributed by atoms with Crippen molar-refractivity contribution in [3.63, 3.8) is 0 Å². The third-order valence-electron chi connectivity index (χ3n) is 4.32. The van der Waals surface area contributed by atoms with Crippen molar-refractivity contribution in [1.29, 1.82) is 0 Å². The van der Waals surface area contributed by atoms with Crippen molar-refractivity contribution in [2.75, 3.05) is 6.54 Å². The first-order valence-corrected chi connectivity index (χ1v) is 8.14. The molecule has 0 aromatic carbocycles. The van der Waals surface area contributed by atoms with Crippen LogP contribution in [0, 0.1) is 0 Å². The Labute approximate surface area is 140 Å². The molecule has 0 aliphatic carbocycles. The molecule has 0 N–H and O–H groups in total. The van der Waals surface area contributed by atoms with Crippen LogP contribution in [0.1, 0.15) is 38.4 Å². The molecule has 6 heteroatoms. The van der Waals surface area contributed by atoms with Crippen molar-refractivity contribution >= 4 is 17.5 Å². The average molecular weight is 331 g/mol. The molecular formula is C17H19ClN4O. The van der Waals surface area contributed by atoms with Crippen LogP contribution in [0.5, 0.6) is 0 Å². The quantitative estimate of drug-likeness (QED) is 0.793. The number of halogens is 1. The molecule has 5 nitrogen and oxygen atoms in total. The molecule has 120 valence electrons. The highest BCUT2D eigenvalue weighted by Crippen LogP contribution is 2.30. The third kappa shape index (κ3) is 3.50. The summed E-state index contributed by atoms with van der Waals surface area (Å²) in [5, 5.41) is 0.418. The number of pyridine rings is 1. The van der Waals surface area contributed by atoms with Crippen molar-refractivity contribution in [1.82, 2.24) is 19.9 Å². The number of carbonyl (C=O) groups is 1. The van der Waals surface area contributed by atoms with E-state index in [1.165, 1.54) is 0 Å². The van der Waals surface area contributed by atoms with Gasteiger partial charge in [0.05, 0.1) is 5.69 Å². The van der Waals surface area contributed by atoms with Crippen molar-refractivity contribution in [3.8, 4) is 11.3 Å². The molecule has 0 saturated carbocycles. The molecule has 1 aliphatic rings. The second kappa shape index (κ2) is 6.62. The third-order valence-corrected chi connectivity index (χ3v) is 4.51. The van der Waals surface area contributed by atoms with E-state index in [0.717, 1.165) is 24.1 Å². The smallest absolute Gasteiger partial charge is 0.219 e. The van der Waals surface area contributed by atoms with Gasteiger partial charge in [-0.05, 0) is 31.9 Å². The Morgan fingerprint density at radius 2 is 2.17 bits per heavy atom. The maximum atomic E-state index is 11.8. The summed E-state index contributed by atoms with van der Waals surface area (Å²) in [6, 6.07) is 5.82. The maximum Gasteiger partial charge on any atom is 0.219 e. The van der Waals surface area contributed by atoms with Crippen LogP contribution >= 0.6 is 11.6 Å². The molecule has 1 amide bonds. The summed E-state index contributed by atoms with van der Waals surface area (Å²) >= 11 is 6.19. The Hall–Kier alpha value is -2.01. The van der Waals surface area contributed by atoms with E-state index in [-0.39, 0.29) is 17.9 Å². The molecule has 0 bridgehead atoms. The summed E-state index contributed by atoms with van der Waals surface area (Å²) in [5.41, 5.74) is 1.67. The van der Waals surface area contributed by atoms with E-state index in [1.54, 1.807) is 25.4 Å². The van der Waals surface area contributed by atoms with E-state index in [0.29, 0.717) is 17.5 Å². The van der Waals surface area contributed by atoms with Crippen molar-refractivity contribution in [3.05, 3.63) is 41.6 Å². The predicted octanol–water partition coefficient (Wildman–Crippen LogP) is 3.31. The lowest BCUT2D eigenvalue weighted by atomic mass is 9.92. The van der Waals surface area contributed by atoms with E-state index in [9.17, 15) is 4.79 Å². The lowest BCUT2D eigenvalue weighted by Gasteiger charge is -2.36. The Morgan fingerprint density at radius 3 is 2.87 bits per heavy atom. The van der Waals surface area contributed by atoms with Gasteiger partial charge in [0.1, 0.15) is 11.0 Å². The molecule has 2 aromatic rings. The number of amides is 1. The van der Waals surface area contributed by atoms with Crippen molar-refractivity contribution in [2.45, 2.75) is 38.6 Å². The van der Waals surface area contributed by atoms with E-state index in [4.69, 9.17) is 11.6 Å². The first-order valence-electron chi connectivity index (χ1n) is 7.76. The van der Waals surface area contributed by atoms with Gasteiger partial charge in [0.25, 0.3) is 0 Å². The lowest BCUT2D eigenvalue weighted by Crippen LogP contribution is -2.44. The van der Waals surface area contributed by atoms with Gasteiger partial charge in [0, 0.05) is 49.5 Å². The van der Waals surface area contributed by atoms with Crippen LogP contribution in [0.4, 0.5) is 0 Å². The van der Waals surface area contributed by atoms with Gasteiger partial charge in [0.15, 0.2) is 0 Å². The number of carbonyl (C=O) groups excluding carboxylic acids is 1. The average Bonchev–Trinajstić information content (AvgIpc) is 2.55. The van der Waals surface area contributed by atoms with Gasteiger partial charge in [-0.25, -0.2) is 9.97 Å². The first-order chi connectivity index (χ1) is 11.0. The van der Waals surface area contributed by atoms with Crippen LogP contribution in [0.25, 0.3) is 11.3 Å². The van der Waals surface area contributed by atoms with E-state index in [1.807, 2.05) is 17.0 Å². The van der Waals surface area contributed by atoms with Gasteiger partial charge in [-0.2, -0.15) is 0 Å². The molecule has 3 heterocycles. The summed E-state index contributed by atoms with van der Waals surface area (Å²) in [7, 11) is 0. The van der Waals surface area contributed by atoms with Gasteiger partial charge < -0.3 is 4.90 Å². The van der Waals surface area contributed by atoms with E-state index in [2.05, 4.69) is 21.9 Å². The van der Waals surface area contributed by atoms with Crippen LogP contribution in [0.3, 0.4) is 0 Å². The van der Waals surface area contributed by atoms with Crippen molar-refractivity contribution < 1.29 is 4.79 Å². The number of hydrogen-bond donors (Lipinski definition) is 0. The van der Waals surface area contributed by atoms with E-state index < -0.39 is 0 Å². The Bertz CT molecular complexity index is 707. The molecule has 0 unspecified atom stereocenters. The Kier molecular flexibility index (Phi) is 4.57. The zero-order chi connectivity index (χ0) is 16.4. The number of likely N-dealkylation sites (tertiary alicyclic amines) is 1. The topological polar surface area (TPSA) is 59.0 Å². The lowest BCUT2D eigenvalue weighted by molar-refractivity contribution is -0.132. The van der Waals surface area contributed by atoms with Gasteiger partial charge in [0.2, 0.25) is 5.91 Å². The van der Waals surface area contributed by atoms with Crippen LogP contribution in [0.15, 0.2) is 30.6 Å². The number of nitrogens with zero attached hydrogens (tertiary/aromatic N) is 4. The second-order valence-electron chi connectivity index (χ2n) is 5.97. The van der Waals surface area contributed by atoms with Crippen molar-refractivity contribution in [2.24, 2.45) is 0 Å². The molecule has 1 saturated heterocycles. The van der Waals surface area contributed by atoms with Crippen LogP contribution in [-0.2, 0) is 4.79 Å². The molecule has 0 spiro atoms. The van der Waals surface area contributed by atoms with Gasteiger partial charge >= 0.3 is 0 Å². The molecular weight excluding hydrogens is 312 g/mol. The summed E-state index contributed by atoms with van der Waals surface area (Å²) < 4.78 is 0. The zero-order valence-corrected chi connectivity index (χ0v) is 14.0. The summed E-state index contributed by atoms with van der Waals surface area (Å²) in [6.45, 7) is 4.33. The first kappa shape index (κ1) is 15.9. The molecule has 0 radical (unpaired) electrons.